The van der Waals surface area contributed by atoms with Gasteiger partial charge in [0.05, 0.1) is 12.0 Å². The molecule has 0 saturated heterocycles. The fraction of sp³-hybridized carbons (Fsp3) is 0.800. The van der Waals surface area contributed by atoms with Gasteiger partial charge in [-0.2, -0.15) is 4.98 Å². The van der Waals surface area contributed by atoms with E-state index in [1.54, 1.807) is 18.4 Å². The summed E-state index contributed by atoms with van der Waals surface area (Å²) in [7, 11) is 5.69. The predicted molar refractivity (Wildman–Crippen MR) is 87.9 cm³/mol. The average molecular weight is 299 g/mol. The molecule has 20 heavy (non-hydrogen) atoms. The Morgan fingerprint density at radius 2 is 1.80 bits per heavy atom. The first-order chi connectivity index (χ1) is 9.36. The molecule has 116 valence electrons. The molecule has 0 amide bonds. The summed E-state index contributed by atoms with van der Waals surface area (Å²) < 4.78 is 5.36. The van der Waals surface area contributed by atoms with Gasteiger partial charge < -0.3 is 15.0 Å². The molecule has 1 heterocycles. The minimum Gasteiger partial charge on any atom is -0.480 e. The largest absolute Gasteiger partial charge is 0.480 e. The molecule has 0 radical (unpaired) electrons. The number of hydrogen-bond donors (Lipinski definition) is 1. The van der Waals surface area contributed by atoms with E-state index in [1.807, 2.05) is 19.0 Å². The fourth-order valence-electron chi connectivity index (χ4n) is 2.38. The number of rotatable bonds is 8. The second kappa shape index (κ2) is 7.84. The molecular formula is C15H29N3OS. The third-order valence-electron chi connectivity index (χ3n) is 3.60. The van der Waals surface area contributed by atoms with Crippen molar-refractivity contribution < 1.29 is 4.74 Å². The summed E-state index contributed by atoms with van der Waals surface area (Å²) in [5, 5.41) is 4.55. The van der Waals surface area contributed by atoms with Crippen molar-refractivity contribution in [3.63, 3.8) is 0 Å². The van der Waals surface area contributed by atoms with Crippen LogP contribution in [0.3, 0.4) is 0 Å². The van der Waals surface area contributed by atoms with Crippen LogP contribution in [0, 0.1) is 17.8 Å². The summed E-state index contributed by atoms with van der Waals surface area (Å²) in [5.74, 6) is 2.84. The van der Waals surface area contributed by atoms with Crippen LogP contribution in [0.5, 0.6) is 5.88 Å². The van der Waals surface area contributed by atoms with Gasteiger partial charge in [0, 0.05) is 20.6 Å². The van der Waals surface area contributed by atoms with Crippen LogP contribution < -0.4 is 15.0 Å². The first-order valence-corrected chi connectivity index (χ1v) is 8.10. The van der Waals surface area contributed by atoms with Crippen molar-refractivity contribution >= 4 is 16.5 Å². The third kappa shape index (κ3) is 4.63. The molecule has 0 aliphatic heterocycles. The zero-order valence-corrected chi connectivity index (χ0v) is 14.7. The Bertz CT molecular complexity index is 394. The molecule has 0 spiro atoms. The third-order valence-corrected chi connectivity index (χ3v) is 4.81. The molecule has 0 aliphatic rings. The van der Waals surface area contributed by atoms with Gasteiger partial charge in [0.1, 0.15) is 0 Å². The Balaban J connectivity index is 2.61. The summed E-state index contributed by atoms with van der Waals surface area (Å²) in [5.41, 5.74) is 0. The first kappa shape index (κ1) is 17.2. The Morgan fingerprint density at radius 1 is 1.20 bits per heavy atom. The van der Waals surface area contributed by atoms with Gasteiger partial charge in [-0.25, -0.2) is 0 Å². The van der Waals surface area contributed by atoms with Crippen LogP contribution in [0.25, 0.3) is 0 Å². The number of ether oxygens (including phenoxy) is 1. The minimum absolute atomic E-state index is 0.697. The Hall–Kier alpha value is -0.810. The van der Waals surface area contributed by atoms with Crippen LogP contribution in [0.2, 0.25) is 0 Å². The summed E-state index contributed by atoms with van der Waals surface area (Å²) in [6.07, 6.45) is 0. The van der Waals surface area contributed by atoms with E-state index in [4.69, 9.17) is 4.74 Å². The highest BCUT2D eigenvalue weighted by molar-refractivity contribution is 7.15. The molecule has 0 fully saturated rings. The molecule has 0 bridgehead atoms. The molecule has 0 saturated carbocycles. The van der Waals surface area contributed by atoms with Crippen molar-refractivity contribution in [2.75, 3.05) is 32.6 Å². The van der Waals surface area contributed by atoms with E-state index in [0.717, 1.165) is 24.1 Å². The lowest BCUT2D eigenvalue weighted by molar-refractivity contribution is 0.275. The number of anilines is 1. The number of nitrogens with zero attached hydrogens (tertiary/aromatic N) is 2. The average Bonchev–Trinajstić information content (AvgIpc) is 2.77. The second-order valence-corrected chi connectivity index (χ2v) is 7.17. The zero-order valence-electron chi connectivity index (χ0n) is 13.9. The van der Waals surface area contributed by atoms with Crippen LogP contribution >= 0.6 is 11.3 Å². The highest BCUT2D eigenvalue weighted by atomic mass is 32.1. The van der Waals surface area contributed by atoms with Gasteiger partial charge >= 0.3 is 0 Å². The topological polar surface area (TPSA) is 37.4 Å². The monoisotopic (exact) mass is 299 g/mol. The van der Waals surface area contributed by atoms with E-state index >= 15 is 0 Å². The Kier molecular flexibility index (Phi) is 6.76. The molecule has 1 aromatic heterocycles. The van der Waals surface area contributed by atoms with Crippen LogP contribution in [0.4, 0.5) is 5.13 Å². The van der Waals surface area contributed by atoms with Gasteiger partial charge in [-0.1, -0.05) is 39.0 Å². The molecular weight excluding hydrogens is 270 g/mol. The molecule has 1 aromatic rings. The standard InChI is InChI=1S/C15H29N3OS/c1-10(2)12(11(3)4)8-16-9-13-14(19-7)17-15(20-13)18(5)6/h10-12,16H,8-9H2,1-7H3. The van der Waals surface area contributed by atoms with Gasteiger partial charge in [0.15, 0.2) is 5.13 Å². The quantitative estimate of drug-likeness (QED) is 0.799. The highest BCUT2D eigenvalue weighted by Gasteiger charge is 2.18. The van der Waals surface area contributed by atoms with Crippen LogP contribution in [-0.2, 0) is 6.54 Å². The number of thiazole rings is 1. The fourth-order valence-corrected chi connectivity index (χ4v) is 3.30. The molecule has 0 atom stereocenters. The molecule has 0 aliphatic carbocycles. The SMILES string of the molecule is COc1nc(N(C)C)sc1CNCC(C(C)C)C(C)C. The summed E-state index contributed by atoms with van der Waals surface area (Å²) in [4.78, 5) is 7.66. The van der Waals surface area contributed by atoms with Gasteiger partial charge in [-0.15, -0.1) is 0 Å². The van der Waals surface area contributed by atoms with Crippen LogP contribution in [0.1, 0.15) is 32.6 Å². The maximum atomic E-state index is 5.36. The number of methoxy groups -OCH3 is 1. The van der Waals surface area contributed by atoms with E-state index in [2.05, 4.69) is 38.0 Å². The Morgan fingerprint density at radius 3 is 2.25 bits per heavy atom. The van der Waals surface area contributed by atoms with Crippen molar-refractivity contribution in [2.24, 2.45) is 17.8 Å². The Labute approximate surface area is 127 Å². The summed E-state index contributed by atoms with van der Waals surface area (Å²) >= 11 is 1.69. The summed E-state index contributed by atoms with van der Waals surface area (Å²) in [6, 6.07) is 0. The molecule has 1 rings (SSSR count). The molecule has 0 aromatic carbocycles. The first-order valence-electron chi connectivity index (χ1n) is 7.28. The maximum Gasteiger partial charge on any atom is 0.230 e. The van der Waals surface area contributed by atoms with Crippen molar-refractivity contribution in [2.45, 2.75) is 34.2 Å². The van der Waals surface area contributed by atoms with Gasteiger partial charge in [-0.05, 0) is 24.3 Å². The molecule has 4 nitrogen and oxygen atoms in total. The lowest BCUT2D eigenvalue weighted by atomic mass is 9.85. The lowest BCUT2D eigenvalue weighted by Crippen LogP contribution is -2.29. The van der Waals surface area contributed by atoms with E-state index in [0.29, 0.717) is 17.8 Å². The predicted octanol–water partition coefficient (Wildman–Crippen LogP) is 3.24. The van der Waals surface area contributed by atoms with Crippen molar-refractivity contribution in [3.05, 3.63) is 4.88 Å². The number of hydrogen-bond acceptors (Lipinski definition) is 5. The molecule has 1 N–H and O–H groups in total. The smallest absolute Gasteiger partial charge is 0.230 e. The molecule has 0 unspecified atom stereocenters. The van der Waals surface area contributed by atoms with Gasteiger partial charge in [0.2, 0.25) is 5.88 Å². The van der Waals surface area contributed by atoms with Crippen LogP contribution in [-0.4, -0.2) is 32.7 Å². The number of aromatic nitrogens is 1. The number of nitrogens with one attached hydrogen (secondary N) is 1. The van der Waals surface area contributed by atoms with Crippen molar-refractivity contribution in [1.82, 2.24) is 10.3 Å². The maximum absolute atomic E-state index is 5.36. The highest BCUT2D eigenvalue weighted by Crippen LogP contribution is 2.30. The normalized spacial score (nSPS) is 11.7. The van der Waals surface area contributed by atoms with E-state index < -0.39 is 0 Å². The van der Waals surface area contributed by atoms with Crippen molar-refractivity contribution in [3.8, 4) is 5.88 Å². The van der Waals surface area contributed by atoms with Crippen LogP contribution in [0.15, 0.2) is 0 Å². The van der Waals surface area contributed by atoms with Gasteiger partial charge in [0.25, 0.3) is 0 Å². The zero-order chi connectivity index (χ0) is 15.3. The lowest BCUT2D eigenvalue weighted by Gasteiger charge is -2.25. The van der Waals surface area contributed by atoms with Crippen molar-refractivity contribution in [1.29, 1.82) is 0 Å². The minimum atomic E-state index is 0.697. The molecule has 5 heteroatoms. The van der Waals surface area contributed by atoms with E-state index in [1.165, 1.54) is 4.88 Å². The summed E-state index contributed by atoms with van der Waals surface area (Å²) in [6.45, 7) is 11.0. The van der Waals surface area contributed by atoms with Gasteiger partial charge in [-0.3, -0.25) is 0 Å². The second-order valence-electron chi connectivity index (χ2n) is 6.11. The van der Waals surface area contributed by atoms with E-state index in [-0.39, 0.29) is 0 Å². The van der Waals surface area contributed by atoms with E-state index in [9.17, 15) is 0 Å².